The maximum Gasteiger partial charge on any atom is 0.304 e. The van der Waals surface area contributed by atoms with Crippen LogP contribution in [0, 0.1) is 0 Å². The number of sulfone groups is 1. The number of rotatable bonds is 4. The van der Waals surface area contributed by atoms with Gasteiger partial charge in [0.15, 0.2) is 9.84 Å². The molecule has 1 saturated heterocycles. The first kappa shape index (κ1) is 14.9. The summed E-state index contributed by atoms with van der Waals surface area (Å²) in [6.45, 7) is 2.20. The van der Waals surface area contributed by atoms with Crippen molar-refractivity contribution < 1.29 is 18.3 Å². The SMILES string of the molecule is CC(c1cnccn1)N1CCS(=O)(=O)CC1CC(=O)O. The van der Waals surface area contributed by atoms with Crippen molar-refractivity contribution in [3.63, 3.8) is 0 Å². The Morgan fingerprint density at radius 1 is 1.55 bits per heavy atom. The lowest BCUT2D eigenvalue weighted by molar-refractivity contribution is -0.138. The summed E-state index contributed by atoms with van der Waals surface area (Å²) in [4.78, 5) is 21.0. The maximum absolute atomic E-state index is 11.7. The highest BCUT2D eigenvalue weighted by Gasteiger charge is 2.35. The molecule has 20 heavy (non-hydrogen) atoms. The van der Waals surface area contributed by atoms with E-state index in [-0.39, 0.29) is 24.0 Å². The van der Waals surface area contributed by atoms with Gasteiger partial charge in [-0.25, -0.2) is 8.42 Å². The molecule has 2 rings (SSSR count). The minimum Gasteiger partial charge on any atom is -0.481 e. The smallest absolute Gasteiger partial charge is 0.304 e. The Morgan fingerprint density at radius 3 is 2.90 bits per heavy atom. The number of carboxylic acids is 1. The minimum absolute atomic E-state index is 0.0493. The second kappa shape index (κ2) is 5.84. The Balaban J connectivity index is 2.21. The van der Waals surface area contributed by atoms with Crippen LogP contribution in [-0.4, -0.2) is 58.5 Å². The molecule has 1 aromatic heterocycles. The number of nitrogens with zero attached hydrogens (tertiary/aromatic N) is 3. The second-order valence-corrected chi connectivity index (χ2v) is 7.14. The molecule has 1 fully saturated rings. The van der Waals surface area contributed by atoms with Crippen LogP contribution in [0.3, 0.4) is 0 Å². The summed E-state index contributed by atoms with van der Waals surface area (Å²) in [6.07, 6.45) is 4.56. The van der Waals surface area contributed by atoms with Crippen molar-refractivity contribution in [2.75, 3.05) is 18.1 Å². The fourth-order valence-corrected chi connectivity index (χ4v) is 4.03. The Hall–Kier alpha value is -1.54. The monoisotopic (exact) mass is 299 g/mol. The number of aromatic nitrogens is 2. The Labute approximate surface area is 117 Å². The largest absolute Gasteiger partial charge is 0.481 e. The van der Waals surface area contributed by atoms with Crippen LogP contribution in [0.5, 0.6) is 0 Å². The molecular formula is C12H17N3O4S. The molecular weight excluding hydrogens is 282 g/mol. The van der Waals surface area contributed by atoms with E-state index < -0.39 is 21.8 Å². The molecule has 1 aliphatic rings. The summed E-state index contributed by atoms with van der Waals surface area (Å²) in [7, 11) is -3.17. The van der Waals surface area contributed by atoms with Gasteiger partial charge in [-0.1, -0.05) is 0 Å². The summed E-state index contributed by atoms with van der Waals surface area (Å²) in [5, 5.41) is 8.96. The molecule has 1 N–H and O–H groups in total. The highest BCUT2D eigenvalue weighted by atomic mass is 32.2. The second-order valence-electron chi connectivity index (χ2n) is 4.91. The van der Waals surface area contributed by atoms with Gasteiger partial charge in [-0.3, -0.25) is 19.7 Å². The van der Waals surface area contributed by atoms with Gasteiger partial charge in [0.05, 0.1) is 29.7 Å². The molecule has 1 aromatic rings. The summed E-state index contributed by atoms with van der Waals surface area (Å²) in [5.41, 5.74) is 0.710. The van der Waals surface area contributed by atoms with Crippen molar-refractivity contribution in [3.8, 4) is 0 Å². The van der Waals surface area contributed by atoms with Gasteiger partial charge in [-0.15, -0.1) is 0 Å². The molecule has 8 heteroatoms. The normalized spacial score (nSPS) is 24.1. The first-order valence-electron chi connectivity index (χ1n) is 6.33. The number of aliphatic carboxylic acids is 1. The zero-order valence-electron chi connectivity index (χ0n) is 11.1. The average Bonchev–Trinajstić information content (AvgIpc) is 2.37. The van der Waals surface area contributed by atoms with E-state index in [0.717, 1.165) is 0 Å². The van der Waals surface area contributed by atoms with Gasteiger partial charge in [0.1, 0.15) is 0 Å². The summed E-state index contributed by atoms with van der Waals surface area (Å²) < 4.78 is 23.4. The number of hydrogen-bond acceptors (Lipinski definition) is 6. The quantitative estimate of drug-likeness (QED) is 0.842. The predicted molar refractivity (Wildman–Crippen MR) is 71.8 cm³/mol. The van der Waals surface area contributed by atoms with Crippen molar-refractivity contribution in [1.29, 1.82) is 0 Å². The van der Waals surface area contributed by atoms with Crippen molar-refractivity contribution in [2.24, 2.45) is 0 Å². The van der Waals surface area contributed by atoms with E-state index in [1.165, 1.54) is 0 Å². The van der Waals surface area contributed by atoms with Crippen molar-refractivity contribution in [3.05, 3.63) is 24.3 Å². The fraction of sp³-hybridized carbons (Fsp3) is 0.583. The Morgan fingerprint density at radius 2 is 2.30 bits per heavy atom. The van der Waals surface area contributed by atoms with Crippen LogP contribution in [0.4, 0.5) is 0 Å². The third kappa shape index (κ3) is 3.51. The van der Waals surface area contributed by atoms with E-state index in [1.54, 1.807) is 18.6 Å². The average molecular weight is 299 g/mol. The third-order valence-corrected chi connectivity index (χ3v) is 5.19. The molecule has 0 aromatic carbocycles. The standard InChI is InChI=1S/C12H17N3O4S/c1-9(11-7-13-2-3-14-11)15-4-5-20(18,19)8-10(15)6-12(16)17/h2-3,7,9-10H,4-6,8H2,1H3,(H,16,17). The van der Waals surface area contributed by atoms with E-state index >= 15 is 0 Å². The molecule has 2 atom stereocenters. The number of carboxylic acid groups (broad SMARTS) is 1. The van der Waals surface area contributed by atoms with Crippen molar-refractivity contribution in [1.82, 2.24) is 14.9 Å². The Bertz CT molecular complexity index is 576. The first-order valence-corrected chi connectivity index (χ1v) is 8.15. The van der Waals surface area contributed by atoms with Gasteiger partial charge in [-0.05, 0) is 6.92 Å². The van der Waals surface area contributed by atoms with E-state index in [0.29, 0.717) is 12.2 Å². The lowest BCUT2D eigenvalue weighted by atomic mass is 10.1. The molecule has 0 amide bonds. The van der Waals surface area contributed by atoms with E-state index in [2.05, 4.69) is 9.97 Å². The molecule has 0 saturated carbocycles. The zero-order valence-corrected chi connectivity index (χ0v) is 12.0. The van der Waals surface area contributed by atoms with Gasteiger partial charge in [-0.2, -0.15) is 0 Å². The van der Waals surface area contributed by atoms with Crippen LogP contribution in [0.1, 0.15) is 25.1 Å². The van der Waals surface area contributed by atoms with E-state index in [1.807, 2.05) is 11.8 Å². The fourth-order valence-electron chi connectivity index (χ4n) is 2.48. The molecule has 110 valence electrons. The van der Waals surface area contributed by atoms with Crippen LogP contribution in [0.2, 0.25) is 0 Å². The third-order valence-electron chi connectivity index (χ3n) is 3.49. The number of carbonyl (C=O) groups is 1. The van der Waals surface area contributed by atoms with Crippen LogP contribution in [-0.2, 0) is 14.6 Å². The van der Waals surface area contributed by atoms with Crippen LogP contribution >= 0.6 is 0 Å². The molecule has 0 radical (unpaired) electrons. The molecule has 2 heterocycles. The number of hydrogen-bond donors (Lipinski definition) is 1. The molecule has 1 aliphatic heterocycles. The van der Waals surface area contributed by atoms with Gasteiger partial charge >= 0.3 is 5.97 Å². The molecule has 0 aliphatic carbocycles. The molecule has 0 bridgehead atoms. The van der Waals surface area contributed by atoms with Crippen molar-refractivity contribution in [2.45, 2.75) is 25.4 Å². The lowest BCUT2D eigenvalue weighted by Crippen LogP contribution is -2.50. The zero-order chi connectivity index (χ0) is 14.8. The topological polar surface area (TPSA) is 100 Å². The highest BCUT2D eigenvalue weighted by molar-refractivity contribution is 7.91. The van der Waals surface area contributed by atoms with Crippen LogP contribution in [0.25, 0.3) is 0 Å². The first-order chi connectivity index (χ1) is 9.39. The minimum atomic E-state index is -3.17. The van der Waals surface area contributed by atoms with Gasteiger partial charge in [0.25, 0.3) is 0 Å². The highest BCUT2D eigenvalue weighted by Crippen LogP contribution is 2.25. The van der Waals surface area contributed by atoms with E-state index in [9.17, 15) is 13.2 Å². The lowest BCUT2D eigenvalue weighted by Gasteiger charge is -2.38. The van der Waals surface area contributed by atoms with Gasteiger partial charge in [0, 0.05) is 31.2 Å². The van der Waals surface area contributed by atoms with Gasteiger partial charge in [0.2, 0.25) is 0 Å². The van der Waals surface area contributed by atoms with Crippen LogP contribution in [0.15, 0.2) is 18.6 Å². The van der Waals surface area contributed by atoms with Crippen molar-refractivity contribution >= 4 is 15.8 Å². The summed E-state index contributed by atoms with van der Waals surface area (Å²) in [6, 6.07) is -0.688. The summed E-state index contributed by atoms with van der Waals surface area (Å²) >= 11 is 0. The molecule has 0 spiro atoms. The summed E-state index contributed by atoms with van der Waals surface area (Å²) in [5.74, 6) is -1.07. The predicted octanol–water partition coefficient (Wildman–Crippen LogP) is 0.111. The van der Waals surface area contributed by atoms with Crippen LogP contribution < -0.4 is 0 Å². The molecule has 7 nitrogen and oxygen atoms in total. The maximum atomic E-state index is 11.7. The van der Waals surface area contributed by atoms with Gasteiger partial charge < -0.3 is 5.11 Å². The Kier molecular flexibility index (Phi) is 4.34. The van der Waals surface area contributed by atoms with E-state index in [4.69, 9.17) is 5.11 Å². The molecule has 2 unspecified atom stereocenters.